The number of aromatic hydroxyl groups is 1. The number of ether oxygens (including phenoxy) is 1. The van der Waals surface area contributed by atoms with Crippen LogP contribution in [0.25, 0.3) is 0 Å². The van der Waals surface area contributed by atoms with E-state index >= 15 is 0 Å². The maximum absolute atomic E-state index is 10.9. The van der Waals surface area contributed by atoms with Crippen molar-refractivity contribution in [2.24, 2.45) is 0 Å². The molecule has 0 aliphatic rings. The van der Waals surface area contributed by atoms with Crippen molar-refractivity contribution in [3.63, 3.8) is 0 Å². The predicted molar refractivity (Wildman–Crippen MR) is 45.1 cm³/mol. The average molecular weight is 180 g/mol. The molecule has 4 nitrogen and oxygen atoms in total. The van der Waals surface area contributed by atoms with Crippen LogP contribution < -0.4 is 4.74 Å². The van der Waals surface area contributed by atoms with Crippen LogP contribution in [0, 0.1) is 0 Å². The van der Waals surface area contributed by atoms with Crippen molar-refractivity contribution in [1.29, 1.82) is 0 Å². The van der Waals surface area contributed by atoms with E-state index in [4.69, 9.17) is 9.84 Å². The summed E-state index contributed by atoms with van der Waals surface area (Å²) in [5.41, 5.74) is 0.199. The van der Waals surface area contributed by atoms with E-state index in [1.807, 2.05) is 0 Å². The second-order valence-electron chi connectivity index (χ2n) is 2.37. The van der Waals surface area contributed by atoms with Crippen LogP contribution in [-0.4, -0.2) is 24.3 Å². The van der Waals surface area contributed by atoms with Gasteiger partial charge in [0.25, 0.3) is 0 Å². The molecule has 0 saturated carbocycles. The first-order valence-corrected chi connectivity index (χ1v) is 3.55. The fourth-order valence-corrected chi connectivity index (χ4v) is 0.899. The molecular formula is C9H8O4. The van der Waals surface area contributed by atoms with Crippen LogP contribution >= 0.6 is 0 Å². The largest absolute Gasteiger partial charge is 0.504 e. The lowest BCUT2D eigenvalue weighted by molar-refractivity contribution is -0.104. The number of hydrogen-bond donors (Lipinski definition) is 1. The Morgan fingerprint density at radius 1 is 1.54 bits per heavy atom. The van der Waals surface area contributed by atoms with Gasteiger partial charge in [-0.3, -0.25) is 9.59 Å². The second kappa shape index (κ2) is 3.71. The molecule has 0 spiro atoms. The zero-order valence-corrected chi connectivity index (χ0v) is 6.98. The smallest absolute Gasteiger partial charge is 0.225 e. The maximum atomic E-state index is 10.9. The molecule has 0 aromatic heterocycles. The third-order valence-corrected chi connectivity index (χ3v) is 1.57. The number of aldehydes is 1. The van der Waals surface area contributed by atoms with Crippen LogP contribution in [0.3, 0.4) is 0 Å². The van der Waals surface area contributed by atoms with Crippen LogP contribution in [-0.2, 0) is 4.79 Å². The van der Waals surface area contributed by atoms with E-state index < -0.39 is 5.78 Å². The molecule has 0 aliphatic carbocycles. The van der Waals surface area contributed by atoms with Gasteiger partial charge in [0.05, 0.1) is 7.11 Å². The Morgan fingerprint density at radius 2 is 2.23 bits per heavy atom. The highest BCUT2D eigenvalue weighted by atomic mass is 16.5. The topological polar surface area (TPSA) is 63.6 Å². The number of Topliss-reactive ketones (excluding diaryl/α,β-unsaturated/α-hetero) is 1. The van der Waals surface area contributed by atoms with Gasteiger partial charge in [-0.15, -0.1) is 0 Å². The van der Waals surface area contributed by atoms with E-state index in [0.29, 0.717) is 0 Å². The zero-order valence-electron chi connectivity index (χ0n) is 6.98. The first kappa shape index (κ1) is 9.25. The van der Waals surface area contributed by atoms with E-state index in [0.717, 1.165) is 0 Å². The zero-order chi connectivity index (χ0) is 9.84. The maximum Gasteiger partial charge on any atom is 0.225 e. The Morgan fingerprint density at radius 3 is 2.77 bits per heavy atom. The summed E-state index contributed by atoms with van der Waals surface area (Å²) in [5, 5.41) is 9.16. The fraction of sp³-hybridized carbons (Fsp3) is 0.111. The van der Waals surface area contributed by atoms with Gasteiger partial charge in [-0.25, -0.2) is 0 Å². The Bertz CT molecular complexity index is 343. The molecular weight excluding hydrogens is 172 g/mol. The average Bonchev–Trinajstić information content (AvgIpc) is 2.17. The van der Waals surface area contributed by atoms with Gasteiger partial charge in [0.15, 0.2) is 17.8 Å². The summed E-state index contributed by atoms with van der Waals surface area (Å²) in [6.07, 6.45) is 0.214. The molecule has 1 rings (SSSR count). The third kappa shape index (κ3) is 1.84. The van der Waals surface area contributed by atoms with Crippen molar-refractivity contribution in [3.05, 3.63) is 23.8 Å². The standard InChI is InChI=1S/C9H8O4/c1-13-9-4-6(8(12)5-10)2-3-7(9)11/h2-5,11H,1H3. The Labute approximate surface area is 74.8 Å². The van der Waals surface area contributed by atoms with Gasteiger partial charge in [0, 0.05) is 5.56 Å². The van der Waals surface area contributed by atoms with Crippen LogP contribution in [0.15, 0.2) is 18.2 Å². The van der Waals surface area contributed by atoms with E-state index in [9.17, 15) is 9.59 Å². The quantitative estimate of drug-likeness (QED) is 0.424. The molecule has 68 valence electrons. The molecule has 0 bridgehead atoms. The molecule has 0 aliphatic heterocycles. The second-order valence-corrected chi connectivity index (χ2v) is 2.37. The summed E-state index contributed by atoms with van der Waals surface area (Å²) in [5.74, 6) is -0.532. The number of carbonyl (C=O) groups excluding carboxylic acids is 2. The molecule has 1 aromatic rings. The molecule has 13 heavy (non-hydrogen) atoms. The molecule has 4 heteroatoms. The lowest BCUT2D eigenvalue weighted by Gasteiger charge is -2.03. The van der Waals surface area contributed by atoms with Crippen LogP contribution in [0.2, 0.25) is 0 Å². The molecule has 1 N–H and O–H groups in total. The Kier molecular flexibility index (Phi) is 2.64. The van der Waals surface area contributed by atoms with E-state index in [1.54, 1.807) is 0 Å². The number of carbonyl (C=O) groups is 2. The highest BCUT2D eigenvalue weighted by Crippen LogP contribution is 2.26. The SMILES string of the molecule is COc1cc(C(=O)C=O)ccc1O. The molecule has 0 saturated heterocycles. The number of ketones is 1. The number of phenols is 1. The highest BCUT2D eigenvalue weighted by Gasteiger charge is 2.07. The van der Waals surface area contributed by atoms with Gasteiger partial charge in [-0.1, -0.05) is 0 Å². The minimum absolute atomic E-state index is 0.0649. The molecule has 0 radical (unpaired) electrons. The Balaban J connectivity index is 3.13. The number of rotatable bonds is 3. The summed E-state index contributed by atoms with van der Waals surface area (Å²) < 4.78 is 4.76. The van der Waals surface area contributed by atoms with Crippen molar-refractivity contribution >= 4 is 12.1 Å². The summed E-state index contributed by atoms with van der Waals surface area (Å²) in [6, 6.07) is 3.97. The lowest BCUT2D eigenvalue weighted by atomic mass is 10.1. The summed E-state index contributed by atoms with van der Waals surface area (Å²) in [7, 11) is 1.37. The predicted octanol–water partition coefficient (Wildman–Crippen LogP) is 0.782. The first-order chi connectivity index (χ1) is 6.19. The van der Waals surface area contributed by atoms with Crippen molar-refractivity contribution in [2.75, 3.05) is 7.11 Å². The van der Waals surface area contributed by atoms with Crippen LogP contribution in [0.4, 0.5) is 0 Å². The summed E-state index contributed by atoms with van der Waals surface area (Å²) >= 11 is 0. The summed E-state index contributed by atoms with van der Waals surface area (Å²) in [4.78, 5) is 21.0. The molecule has 0 fully saturated rings. The number of hydrogen-bond acceptors (Lipinski definition) is 4. The number of methoxy groups -OCH3 is 1. The van der Waals surface area contributed by atoms with Gasteiger partial charge in [-0.05, 0) is 18.2 Å². The molecule has 0 heterocycles. The van der Waals surface area contributed by atoms with E-state index in [-0.39, 0.29) is 23.3 Å². The van der Waals surface area contributed by atoms with E-state index in [2.05, 4.69) is 0 Å². The van der Waals surface area contributed by atoms with Crippen LogP contribution in [0.1, 0.15) is 10.4 Å². The van der Waals surface area contributed by atoms with Gasteiger partial charge in [0.2, 0.25) is 5.78 Å². The minimum atomic E-state index is -0.640. The molecule has 1 aromatic carbocycles. The summed E-state index contributed by atoms with van der Waals surface area (Å²) in [6.45, 7) is 0. The monoisotopic (exact) mass is 180 g/mol. The molecule has 0 amide bonds. The van der Waals surface area contributed by atoms with Gasteiger partial charge in [-0.2, -0.15) is 0 Å². The van der Waals surface area contributed by atoms with Gasteiger partial charge in [0.1, 0.15) is 0 Å². The van der Waals surface area contributed by atoms with Crippen molar-refractivity contribution in [2.45, 2.75) is 0 Å². The third-order valence-electron chi connectivity index (χ3n) is 1.57. The lowest BCUT2D eigenvalue weighted by Crippen LogP contribution is -1.99. The van der Waals surface area contributed by atoms with Crippen molar-refractivity contribution < 1.29 is 19.4 Å². The number of phenolic OH excluding ortho intramolecular Hbond substituents is 1. The van der Waals surface area contributed by atoms with Crippen LogP contribution in [0.5, 0.6) is 11.5 Å². The van der Waals surface area contributed by atoms with Crippen molar-refractivity contribution in [3.8, 4) is 11.5 Å². The first-order valence-electron chi connectivity index (χ1n) is 3.55. The minimum Gasteiger partial charge on any atom is -0.504 e. The molecule has 0 unspecified atom stereocenters. The fourth-order valence-electron chi connectivity index (χ4n) is 0.899. The van der Waals surface area contributed by atoms with Gasteiger partial charge < -0.3 is 9.84 Å². The number of benzene rings is 1. The normalized spacial score (nSPS) is 9.31. The van der Waals surface area contributed by atoms with Gasteiger partial charge >= 0.3 is 0 Å². The highest BCUT2D eigenvalue weighted by molar-refractivity contribution is 6.33. The molecule has 0 atom stereocenters. The van der Waals surface area contributed by atoms with Crippen molar-refractivity contribution in [1.82, 2.24) is 0 Å². The van der Waals surface area contributed by atoms with E-state index in [1.165, 1.54) is 25.3 Å². The Hall–Kier alpha value is -1.84.